The van der Waals surface area contributed by atoms with Crippen molar-refractivity contribution in [3.8, 4) is 10.6 Å². The topological polar surface area (TPSA) is 24.9 Å². The smallest absolute Gasteiger partial charge is 0.124 e. The number of rotatable bonds is 2. The predicted molar refractivity (Wildman–Crippen MR) is 80.1 cm³/mol. The summed E-state index contributed by atoms with van der Waals surface area (Å²) in [6, 6.07) is 8.29. The quantitative estimate of drug-likeness (QED) is 0.902. The van der Waals surface area contributed by atoms with E-state index in [1.165, 1.54) is 24.1 Å². The molecule has 1 aromatic heterocycles. The molecule has 3 rings (SSSR count). The number of nitrogens with one attached hydrogen (secondary N) is 1. The molecule has 1 aliphatic rings. The third-order valence-electron chi connectivity index (χ3n) is 3.38. The monoisotopic (exact) mass is 322 g/mol. The fourth-order valence-corrected chi connectivity index (χ4v) is 3.89. The molecule has 0 saturated carbocycles. The van der Waals surface area contributed by atoms with Crippen LogP contribution < -0.4 is 5.32 Å². The van der Waals surface area contributed by atoms with Crippen LogP contribution in [-0.4, -0.2) is 18.1 Å². The van der Waals surface area contributed by atoms with Crippen LogP contribution in [0.2, 0.25) is 0 Å². The molecule has 0 unspecified atom stereocenters. The zero-order valence-electron chi connectivity index (χ0n) is 10.0. The van der Waals surface area contributed by atoms with E-state index in [2.05, 4.69) is 44.8 Å². The minimum Gasteiger partial charge on any atom is -0.317 e. The molecule has 1 aromatic carbocycles. The molecule has 2 aromatic rings. The second kappa shape index (κ2) is 5.51. The first-order valence-corrected chi connectivity index (χ1v) is 7.93. The summed E-state index contributed by atoms with van der Waals surface area (Å²) in [6.07, 6.45) is 2.41. The van der Waals surface area contributed by atoms with Crippen molar-refractivity contribution < 1.29 is 0 Å². The van der Waals surface area contributed by atoms with Gasteiger partial charge in [-0.05, 0) is 32.0 Å². The Balaban J connectivity index is 1.87. The molecule has 4 heteroatoms. The molecule has 2 nitrogen and oxygen atoms in total. The Bertz CT molecular complexity index is 532. The van der Waals surface area contributed by atoms with E-state index in [0.717, 1.165) is 22.6 Å². The third-order valence-corrected chi connectivity index (χ3v) is 4.97. The maximum Gasteiger partial charge on any atom is 0.124 e. The largest absolute Gasteiger partial charge is 0.317 e. The molecular formula is C14H15BrN2S. The first-order chi connectivity index (χ1) is 8.84. The van der Waals surface area contributed by atoms with Gasteiger partial charge in [-0.2, -0.15) is 0 Å². The van der Waals surface area contributed by atoms with Gasteiger partial charge in [-0.25, -0.2) is 4.98 Å². The van der Waals surface area contributed by atoms with Crippen LogP contribution in [0, 0.1) is 0 Å². The molecule has 0 radical (unpaired) electrons. The van der Waals surface area contributed by atoms with Gasteiger partial charge in [-0.1, -0.05) is 34.1 Å². The number of hydrogen-bond acceptors (Lipinski definition) is 3. The number of halogens is 1. The normalized spacial score (nSPS) is 16.9. The van der Waals surface area contributed by atoms with Crippen LogP contribution in [0.15, 0.2) is 34.1 Å². The maximum absolute atomic E-state index is 4.83. The number of piperidine rings is 1. The third kappa shape index (κ3) is 2.51. The Morgan fingerprint density at radius 1 is 1.22 bits per heavy atom. The summed E-state index contributed by atoms with van der Waals surface area (Å²) in [5, 5.41) is 6.75. The van der Waals surface area contributed by atoms with E-state index in [-0.39, 0.29) is 0 Å². The van der Waals surface area contributed by atoms with Crippen molar-refractivity contribution >= 4 is 27.3 Å². The molecule has 1 aliphatic heterocycles. The Kier molecular flexibility index (Phi) is 3.77. The van der Waals surface area contributed by atoms with Gasteiger partial charge in [-0.3, -0.25) is 0 Å². The van der Waals surface area contributed by atoms with Crippen LogP contribution in [-0.2, 0) is 0 Å². The SMILES string of the molecule is Brc1ccccc1-c1nc(C2CCNCC2)cs1. The molecule has 1 fully saturated rings. The van der Waals surface area contributed by atoms with E-state index < -0.39 is 0 Å². The fourth-order valence-electron chi connectivity index (χ4n) is 2.35. The van der Waals surface area contributed by atoms with Gasteiger partial charge in [0, 0.05) is 21.3 Å². The molecule has 94 valence electrons. The zero-order chi connectivity index (χ0) is 12.4. The van der Waals surface area contributed by atoms with Gasteiger partial charge in [0.15, 0.2) is 0 Å². The number of thiazole rings is 1. The standard InChI is InChI=1S/C14H15BrN2S/c15-12-4-2-1-3-11(12)14-17-13(9-18-14)10-5-7-16-8-6-10/h1-4,9-10,16H,5-8H2. The lowest BCUT2D eigenvalue weighted by molar-refractivity contribution is 0.455. The van der Waals surface area contributed by atoms with Gasteiger partial charge in [0.25, 0.3) is 0 Å². The second-order valence-corrected chi connectivity index (χ2v) is 6.29. The van der Waals surface area contributed by atoms with E-state index in [1.54, 1.807) is 11.3 Å². The average Bonchev–Trinajstić information content (AvgIpc) is 2.90. The Labute approximate surface area is 120 Å². The van der Waals surface area contributed by atoms with Crippen molar-refractivity contribution in [2.75, 3.05) is 13.1 Å². The summed E-state index contributed by atoms with van der Waals surface area (Å²) in [7, 11) is 0. The Morgan fingerprint density at radius 3 is 2.78 bits per heavy atom. The molecular weight excluding hydrogens is 308 g/mol. The van der Waals surface area contributed by atoms with Crippen molar-refractivity contribution in [2.24, 2.45) is 0 Å². The molecule has 0 amide bonds. The van der Waals surface area contributed by atoms with Gasteiger partial charge >= 0.3 is 0 Å². The van der Waals surface area contributed by atoms with Crippen molar-refractivity contribution in [1.29, 1.82) is 0 Å². The van der Waals surface area contributed by atoms with E-state index in [4.69, 9.17) is 4.98 Å². The predicted octanol–water partition coefficient (Wildman–Crippen LogP) is 4.04. The van der Waals surface area contributed by atoms with Crippen LogP contribution in [0.5, 0.6) is 0 Å². The molecule has 0 bridgehead atoms. The highest BCUT2D eigenvalue weighted by atomic mass is 79.9. The molecule has 1 saturated heterocycles. The number of aromatic nitrogens is 1. The number of hydrogen-bond donors (Lipinski definition) is 1. The van der Waals surface area contributed by atoms with Crippen molar-refractivity contribution in [3.05, 3.63) is 39.8 Å². The molecule has 18 heavy (non-hydrogen) atoms. The Morgan fingerprint density at radius 2 is 2.00 bits per heavy atom. The minimum atomic E-state index is 0.638. The first-order valence-electron chi connectivity index (χ1n) is 6.25. The highest BCUT2D eigenvalue weighted by molar-refractivity contribution is 9.10. The second-order valence-electron chi connectivity index (χ2n) is 4.58. The van der Waals surface area contributed by atoms with Crippen molar-refractivity contribution in [3.63, 3.8) is 0 Å². The van der Waals surface area contributed by atoms with Crippen LogP contribution in [0.1, 0.15) is 24.5 Å². The van der Waals surface area contributed by atoms with E-state index in [9.17, 15) is 0 Å². The average molecular weight is 323 g/mol. The Hall–Kier alpha value is -0.710. The summed E-state index contributed by atoms with van der Waals surface area (Å²) in [5.41, 5.74) is 2.47. The van der Waals surface area contributed by atoms with Gasteiger partial charge < -0.3 is 5.32 Å². The molecule has 0 spiro atoms. The minimum absolute atomic E-state index is 0.638. The van der Waals surface area contributed by atoms with E-state index in [1.807, 2.05) is 6.07 Å². The lowest BCUT2D eigenvalue weighted by Crippen LogP contribution is -2.26. The summed E-state index contributed by atoms with van der Waals surface area (Å²) < 4.78 is 1.12. The highest BCUT2D eigenvalue weighted by Crippen LogP contribution is 2.34. The summed E-state index contributed by atoms with van der Waals surface area (Å²) >= 11 is 5.34. The van der Waals surface area contributed by atoms with Gasteiger partial charge in [0.05, 0.1) is 5.69 Å². The summed E-state index contributed by atoms with van der Waals surface area (Å²) in [4.78, 5) is 4.83. The van der Waals surface area contributed by atoms with Gasteiger partial charge in [0.1, 0.15) is 5.01 Å². The van der Waals surface area contributed by atoms with E-state index in [0.29, 0.717) is 5.92 Å². The van der Waals surface area contributed by atoms with Crippen LogP contribution in [0.3, 0.4) is 0 Å². The highest BCUT2D eigenvalue weighted by Gasteiger charge is 2.18. The van der Waals surface area contributed by atoms with Crippen LogP contribution in [0.25, 0.3) is 10.6 Å². The lowest BCUT2D eigenvalue weighted by Gasteiger charge is -2.20. The van der Waals surface area contributed by atoms with Crippen molar-refractivity contribution in [2.45, 2.75) is 18.8 Å². The molecule has 1 N–H and O–H groups in total. The first kappa shape index (κ1) is 12.3. The van der Waals surface area contributed by atoms with Gasteiger partial charge in [0.2, 0.25) is 0 Å². The lowest BCUT2D eigenvalue weighted by atomic mass is 9.95. The number of nitrogens with zero attached hydrogens (tertiary/aromatic N) is 1. The van der Waals surface area contributed by atoms with Crippen molar-refractivity contribution in [1.82, 2.24) is 10.3 Å². The molecule has 2 heterocycles. The molecule has 0 aliphatic carbocycles. The molecule has 0 atom stereocenters. The fraction of sp³-hybridized carbons (Fsp3) is 0.357. The van der Waals surface area contributed by atoms with Crippen LogP contribution in [0.4, 0.5) is 0 Å². The van der Waals surface area contributed by atoms with E-state index >= 15 is 0 Å². The van der Waals surface area contributed by atoms with Gasteiger partial charge in [-0.15, -0.1) is 11.3 Å². The van der Waals surface area contributed by atoms with Crippen LogP contribution >= 0.6 is 27.3 Å². The summed E-state index contributed by atoms with van der Waals surface area (Å²) in [5.74, 6) is 0.638. The zero-order valence-corrected chi connectivity index (χ0v) is 12.4. The maximum atomic E-state index is 4.83. The summed E-state index contributed by atoms with van der Waals surface area (Å²) in [6.45, 7) is 2.24. The number of benzene rings is 1.